The first-order chi connectivity index (χ1) is 9.08. The molecule has 1 aromatic carbocycles. The van der Waals surface area contributed by atoms with Crippen LogP contribution in [0, 0.1) is 6.92 Å². The van der Waals surface area contributed by atoms with Gasteiger partial charge in [0, 0.05) is 17.2 Å². The van der Waals surface area contributed by atoms with Crippen molar-refractivity contribution in [1.82, 2.24) is 9.88 Å². The minimum atomic E-state index is -0.0178. The molecule has 2 rings (SSSR count). The molecule has 3 nitrogen and oxygen atoms in total. The zero-order valence-electron chi connectivity index (χ0n) is 10.9. The van der Waals surface area contributed by atoms with E-state index in [2.05, 4.69) is 20.9 Å². The Bertz CT molecular complexity index is 598. The maximum Gasteiger partial charge on any atom is 0.255 e. The van der Waals surface area contributed by atoms with Crippen LogP contribution in [-0.4, -0.2) is 22.8 Å². The summed E-state index contributed by atoms with van der Waals surface area (Å²) < 4.78 is 0.809. The third-order valence-corrected chi connectivity index (χ3v) is 3.49. The van der Waals surface area contributed by atoms with Crippen molar-refractivity contribution in [3.05, 3.63) is 63.9 Å². The topological polar surface area (TPSA) is 33.2 Å². The maximum absolute atomic E-state index is 12.3. The number of hydrogen-bond acceptors (Lipinski definition) is 2. The highest BCUT2D eigenvalue weighted by molar-refractivity contribution is 9.10. The van der Waals surface area contributed by atoms with Gasteiger partial charge in [0.05, 0.1) is 17.8 Å². The highest BCUT2D eigenvalue weighted by Crippen LogP contribution is 2.18. The SMILES string of the molecule is Cc1cccc(CN(C)C(=O)c2ccccc2Br)n1. The molecule has 1 aromatic heterocycles. The van der Waals surface area contributed by atoms with Gasteiger partial charge in [-0.05, 0) is 47.1 Å². The van der Waals surface area contributed by atoms with E-state index in [4.69, 9.17) is 0 Å². The van der Waals surface area contributed by atoms with E-state index in [-0.39, 0.29) is 5.91 Å². The van der Waals surface area contributed by atoms with Crippen molar-refractivity contribution in [2.45, 2.75) is 13.5 Å². The van der Waals surface area contributed by atoms with Crippen molar-refractivity contribution in [3.8, 4) is 0 Å². The number of nitrogens with zero attached hydrogens (tertiary/aromatic N) is 2. The molecular formula is C15H15BrN2O. The van der Waals surface area contributed by atoms with Gasteiger partial charge < -0.3 is 4.90 Å². The number of carbonyl (C=O) groups excluding carboxylic acids is 1. The molecule has 0 atom stereocenters. The van der Waals surface area contributed by atoms with Crippen LogP contribution >= 0.6 is 15.9 Å². The van der Waals surface area contributed by atoms with Crippen LogP contribution in [0.5, 0.6) is 0 Å². The van der Waals surface area contributed by atoms with Gasteiger partial charge in [0.25, 0.3) is 5.91 Å². The second-order valence-electron chi connectivity index (χ2n) is 4.41. The second kappa shape index (κ2) is 5.97. The van der Waals surface area contributed by atoms with Crippen LogP contribution < -0.4 is 0 Å². The summed E-state index contributed by atoms with van der Waals surface area (Å²) in [5.74, 6) is -0.0178. The standard InChI is InChI=1S/C15H15BrN2O/c1-11-6-5-7-12(17-11)10-18(2)15(19)13-8-3-4-9-14(13)16/h3-9H,10H2,1-2H3. The van der Waals surface area contributed by atoms with Gasteiger partial charge in [-0.25, -0.2) is 0 Å². The molecule has 4 heteroatoms. The molecule has 0 N–H and O–H groups in total. The number of pyridine rings is 1. The zero-order chi connectivity index (χ0) is 13.8. The summed E-state index contributed by atoms with van der Waals surface area (Å²) in [4.78, 5) is 18.4. The first-order valence-electron chi connectivity index (χ1n) is 6.00. The molecule has 0 aliphatic rings. The number of rotatable bonds is 3. The van der Waals surface area contributed by atoms with Crippen LogP contribution in [0.3, 0.4) is 0 Å². The Kier molecular flexibility index (Phi) is 4.32. The van der Waals surface area contributed by atoms with E-state index < -0.39 is 0 Å². The van der Waals surface area contributed by atoms with Gasteiger partial charge in [0.2, 0.25) is 0 Å². The predicted octanol–water partition coefficient (Wildman–Crippen LogP) is 3.42. The Labute approximate surface area is 121 Å². The number of benzene rings is 1. The van der Waals surface area contributed by atoms with Crippen LogP contribution in [0.2, 0.25) is 0 Å². The summed E-state index contributed by atoms with van der Waals surface area (Å²) in [6, 6.07) is 13.3. The zero-order valence-corrected chi connectivity index (χ0v) is 12.5. The normalized spacial score (nSPS) is 10.3. The quantitative estimate of drug-likeness (QED) is 0.868. The number of amides is 1. The van der Waals surface area contributed by atoms with E-state index in [1.54, 1.807) is 11.9 Å². The number of hydrogen-bond donors (Lipinski definition) is 0. The molecule has 2 aromatic rings. The van der Waals surface area contributed by atoms with Crippen LogP contribution in [0.1, 0.15) is 21.7 Å². The molecule has 0 bridgehead atoms. The average molecular weight is 319 g/mol. The van der Waals surface area contributed by atoms with Gasteiger partial charge in [-0.2, -0.15) is 0 Å². The largest absolute Gasteiger partial charge is 0.336 e. The highest BCUT2D eigenvalue weighted by Gasteiger charge is 2.14. The smallest absolute Gasteiger partial charge is 0.255 e. The van der Waals surface area contributed by atoms with E-state index in [1.165, 1.54) is 0 Å². The van der Waals surface area contributed by atoms with E-state index in [0.29, 0.717) is 12.1 Å². The van der Waals surface area contributed by atoms with Gasteiger partial charge in [-0.3, -0.25) is 9.78 Å². The van der Waals surface area contributed by atoms with Gasteiger partial charge in [0.1, 0.15) is 0 Å². The molecule has 1 amide bonds. The van der Waals surface area contributed by atoms with Crippen LogP contribution in [0.4, 0.5) is 0 Å². The summed E-state index contributed by atoms with van der Waals surface area (Å²) in [5.41, 5.74) is 2.51. The van der Waals surface area contributed by atoms with Gasteiger partial charge in [0.15, 0.2) is 0 Å². The summed E-state index contributed by atoms with van der Waals surface area (Å²) in [6.07, 6.45) is 0. The Morgan fingerprint density at radius 3 is 2.63 bits per heavy atom. The lowest BCUT2D eigenvalue weighted by Gasteiger charge is -2.17. The fourth-order valence-electron chi connectivity index (χ4n) is 1.84. The lowest BCUT2D eigenvalue weighted by atomic mass is 10.2. The first kappa shape index (κ1) is 13.7. The Balaban J connectivity index is 2.14. The van der Waals surface area contributed by atoms with Crippen LogP contribution in [-0.2, 0) is 6.54 Å². The van der Waals surface area contributed by atoms with Gasteiger partial charge >= 0.3 is 0 Å². The molecule has 0 aliphatic heterocycles. The molecular weight excluding hydrogens is 304 g/mol. The van der Waals surface area contributed by atoms with E-state index in [1.807, 2.05) is 49.4 Å². The molecule has 0 saturated heterocycles. The lowest BCUT2D eigenvalue weighted by molar-refractivity contribution is 0.0782. The molecule has 19 heavy (non-hydrogen) atoms. The molecule has 0 fully saturated rings. The Morgan fingerprint density at radius 2 is 1.95 bits per heavy atom. The summed E-state index contributed by atoms with van der Waals surface area (Å²) in [5, 5.41) is 0. The molecule has 1 heterocycles. The molecule has 98 valence electrons. The Hall–Kier alpha value is -1.68. The van der Waals surface area contributed by atoms with Crippen LogP contribution in [0.25, 0.3) is 0 Å². The van der Waals surface area contributed by atoms with Crippen LogP contribution in [0.15, 0.2) is 46.9 Å². The van der Waals surface area contributed by atoms with E-state index >= 15 is 0 Å². The van der Waals surface area contributed by atoms with Crippen molar-refractivity contribution >= 4 is 21.8 Å². The third kappa shape index (κ3) is 3.41. The number of carbonyl (C=O) groups is 1. The van der Waals surface area contributed by atoms with E-state index in [9.17, 15) is 4.79 Å². The number of aryl methyl sites for hydroxylation is 1. The molecule has 0 radical (unpaired) electrons. The monoisotopic (exact) mass is 318 g/mol. The third-order valence-electron chi connectivity index (χ3n) is 2.80. The second-order valence-corrected chi connectivity index (χ2v) is 5.27. The fraction of sp³-hybridized carbons (Fsp3) is 0.200. The minimum Gasteiger partial charge on any atom is -0.336 e. The lowest BCUT2D eigenvalue weighted by Crippen LogP contribution is -2.27. The highest BCUT2D eigenvalue weighted by atomic mass is 79.9. The Morgan fingerprint density at radius 1 is 1.21 bits per heavy atom. The predicted molar refractivity (Wildman–Crippen MR) is 78.9 cm³/mol. The first-order valence-corrected chi connectivity index (χ1v) is 6.80. The average Bonchev–Trinajstić information content (AvgIpc) is 2.38. The maximum atomic E-state index is 12.3. The van der Waals surface area contributed by atoms with Crippen molar-refractivity contribution in [1.29, 1.82) is 0 Å². The van der Waals surface area contributed by atoms with Crippen molar-refractivity contribution in [3.63, 3.8) is 0 Å². The van der Waals surface area contributed by atoms with Crippen molar-refractivity contribution in [2.24, 2.45) is 0 Å². The number of aromatic nitrogens is 1. The minimum absolute atomic E-state index is 0.0178. The molecule has 0 aliphatic carbocycles. The molecule has 0 spiro atoms. The van der Waals surface area contributed by atoms with Gasteiger partial charge in [-0.1, -0.05) is 18.2 Å². The van der Waals surface area contributed by atoms with E-state index in [0.717, 1.165) is 15.9 Å². The summed E-state index contributed by atoms with van der Waals surface area (Å²) >= 11 is 3.40. The molecule has 0 unspecified atom stereocenters. The van der Waals surface area contributed by atoms with Crippen molar-refractivity contribution < 1.29 is 4.79 Å². The van der Waals surface area contributed by atoms with Crippen molar-refractivity contribution in [2.75, 3.05) is 7.05 Å². The summed E-state index contributed by atoms with van der Waals surface area (Å²) in [7, 11) is 1.78. The number of halogens is 1. The van der Waals surface area contributed by atoms with Gasteiger partial charge in [-0.15, -0.1) is 0 Å². The fourth-order valence-corrected chi connectivity index (χ4v) is 2.30. The summed E-state index contributed by atoms with van der Waals surface area (Å²) in [6.45, 7) is 2.45. The molecule has 0 saturated carbocycles.